The average Bonchev–Trinajstić information content (AvgIpc) is 2.76. The fourth-order valence-electron chi connectivity index (χ4n) is 2.63. The van der Waals surface area contributed by atoms with Crippen molar-refractivity contribution in [2.24, 2.45) is 5.92 Å². The molecule has 94 valence electrons. The molecule has 0 amide bonds. The van der Waals surface area contributed by atoms with E-state index in [1.54, 1.807) is 0 Å². The monoisotopic (exact) mass is 233 g/mol. The van der Waals surface area contributed by atoms with Crippen LogP contribution in [0, 0.1) is 5.92 Å². The first-order chi connectivity index (χ1) is 8.24. The van der Waals surface area contributed by atoms with E-state index in [0.717, 1.165) is 31.2 Å². The van der Waals surface area contributed by atoms with Gasteiger partial charge in [0.05, 0.1) is 6.61 Å². The van der Waals surface area contributed by atoms with Gasteiger partial charge in [-0.1, -0.05) is 19.9 Å². The van der Waals surface area contributed by atoms with E-state index in [9.17, 15) is 0 Å². The lowest BCUT2D eigenvalue weighted by molar-refractivity contribution is 0.339. The van der Waals surface area contributed by atoms with Crippen molar-refractivity contribution in [1.82, 2.24) is 5.32 Å². The van der Waals surface area contributed by atoms with Gasteiger partial charge in [-0.2, -0.15) is 0 Å². The lowest BCUT2D eigenvalue weighted by Gasteiger charge is -2.16. The molecule has 2 heteroatoms. The molecule has 17 heavy (non-hydrogen) atoms. The van der Waals surface area contributed by atoms with Crippen LogP contribution in [-0.4, -0.2) is 13.2 Å². The van der Waals surface area contributed by atoms with E-state index in [2.05, 4.69) is 37.4 Å². The summed E-state index contributed by atoms with van der Waals surface area (Å²) in [6, 6.07) is 7.07. The molecular weight excluding hydrogens is 210 g/mol. The fourth-order valence-corrected chi connectivity index (χ4v) is 2.63. The largest absolute Gasteiger partial charge is 0.494 e. The molecule has 2 nitrogen and oxygen atoms in total. The Kier molecular flexibility index (Phi) is 4.06. The van der Waals surface area contributed by atoms with E-state index in [0.29, 0.717) is 6.04 Å². The van der Waals surface area contributed by atoms with Crippen LogP contribution in [0.5, 0.6) is 5.75 Å². The van der Waals surface area contributed by atoms with Crippen molar-refractivity contribution in [2.75, 3.05) is 13.2 Å². The van der Waals surface area contributed by atoms with Crippen molar-refractivity contribution in [3.8, 4) is 5.75 Å². The van der Waals surface area contributed by atoms with Crippen LogP contribution in [0.3, 0.4) is 0 Å². The second kappa shape index (κ2) is 5.54. The van der Waals surface area contributed by atoms with Gasteiger partial charge in [-0.25, -0.2) is 0 Å². The van der Waals surface area contributed by atoms with E-state index in [-0.39, 0.29) is 0 Å². The summed E-state index contributed by atoms with van der Waals surface area (Å²) in [5, 5.41) is 3.61. The topological polar surface area (TPSA) is 21.3 Å². The van der Waals surface area contributed by atoms with Crippen molar-refractivity contribution < 1.29 is 4.74 Å². The maximum Gasteiger partial charge on any atom is 0.119 e. The molecule has 2 atom stereocenters. The maximum absolute atomic E-state index is 5.57. The van der Waals surface area contributed by atoms with Crippen molar-refractivity contribution >= 4 is 0 Å². The Morgan fingerprint density at radius 1 is 1.35 bits per heavy atom. The zero-order chi connectivity index (χ0) is 12.3. The summed E-state index contributed by atoms with van der Waals surface area (Å²) in [5.74, 6) is 1.79. The molecule has 1 heterocycles. The van der Waals surface area contributed by atoms with Crippen molar-refractivity contribution in [3.63, 3.8) is 0 Å². The molecule has 1 saturated heterocycles. The first-order valence-corrected chi connectivity index (χ1v) is 6.73. The summed E-state index contributed by atoms with van der Waals surface area (Å²) < 4.78 is 5.57. The molecule has 0 radical (unpaired) electrons. The predicted molar refractivity (Wildman–Crippen MR) is 71.5 cm³/mol. The molecule has 1 aliphatic rings. The van der Waals surface area contributed by atoms with E-state index in [1.807, 2.05) is 6.92 Å². The molecule has 0 aliphatic carbocycles. The van der Waals surface area contributed by atoms with E-state index in [4.69, 9.17) is 4.74 Å². The summed E-state index contributed by atoms with van der Waals surface area (Å²) in [6.07, 6.45) is 2.32. The van der Waals surface area contributed by atoms with Gasteiger partial charge >= 0.3 is 0 Å². The number of hydrogen-bond acceptors (Lipinski definition) is 2. The Morgan fingerprint density at radius 2 is 2.18 bits per heavy atom. The van der Waals surface area contributed by atoms with Crippen LogP contribution in [0.1, 0.15) is 44.4 Å². The SMILES string of the molecule is CCOc1ccc(C2CC(C)CN2)c(CC)c1. The van der Waals surface area contributed by atoms with E-state index in [1.165, 1.54) is 17.5 Å². The lowest BCUT2D eigenvalue weighted by Crippen LogP contribution is -2.15. The minimum atomic E-state index is 0.538. The highest BCUT2D eigenvalue weighted by atomic mass is 16.5. The first kappa shape index (κ1) is 12.4. The number of rotatable bonds is 4. The Labute approximate surface area is 104 Å². The van der Waals surface area contributed by atoms with Crippen LogP contribution in [0.15, 0.2) is 18.2 Å². The zero-order valence-corrected chi connectivity index (χ0v) is 11.1. The van der Waals surface area contributed by atoms with Gasteiger partial charge in [0.1, 0.15) is 5.75 Å². The molecule has 2 rings (SSSR count). The van der Waals surface area contributed by atoms with Gasteiger partial charge in [0.2, 0.25) is 0 Å². The third kappa shape index (κ3) is 2.81. The molecule has 0 bridgehead atoms. The summed E-state index contributed by atoms with van der Waals surface area (Å²) in [7, 11) is 0. The van der Waals surface area contributed by atoms with Crippen LogP contribution in [0.2, 0.25) is 0 Å². The van der Waals surface area contributed by atoms with Gasteiger partial charge in [0, 0.05) is 6.04 Å². The molecule has 1 aromatic rings. The van der Waals surface area contributed by atoms with Crippen LogP contribution in [-0.2, 0) is 6.42 Å². The van der Waals surface area contributed by atoms with Gasteiger partial charge in [-0.05, 0) is 55.5 Å². The average molecular weight is 233 g/mol. The lowest BCUT2D eigenvalue weighted by atomic mass is 9.95. The number of aryl methyl sites for hydroxylation is 1. The Morgan fingerprint density at radius 3 is 2.76 bits per heavy atom. The molecule has 0 saturated carbocycles. The van der Waals surface area contributed by atoms with Gasteiger partial charge in [-0.3, -0.25) is 0 Å². The van der Waals surface area contributed by atoms with Crippen molar-refractivity contribution in [3.05, 3.63) is 29.3 Å². The number of nitrogens with one attached hydrogen (secondary N) is 1. The van der Waals surface area contributed by atoms with Crippen molar-refractivity contribution in [2.45, 2.75) is 39.7 Å². The molecule has 0 spiro atoms. The van der Waals surface area contributed by atoms with Gasteiger partial charge in [-0.15, -0.1) is 0 Å². The van der Waals surface area contributed by atoms with Crippen LogP contribution < -0.4 is 10.1 Å². The fraction of sp³-hybridized carbons (Fsp3) is 0.600. The van der Waals surface area contributed by atoms with Crippen LogP contribution in [0.25, 0.3) is 0 Å². The number of benzene rings is 1. The number of hydrogen-bond donors (Lipinski definition) is 1. The third-order valence-electron chi connectivity index (χ3n) is 3.53. The quantitative estimate of drug-likeness (QED) is 0.861. The molecule has 1 N–H and O–H groups in total. The standard InChI is InChI=1S/C15H23NO/c1-4-12-9-13(17-5-2)6-7-14(12)15-8-11(3)10-16-15/h6-7,9,11,15-16H,4-5,8,10H2,1-3H3. The Hall–Kier alpha value is -1.02. The number of ether oxygens (including phenoxy) is 1. The smallest absolute Gasteiger partial charge is 0.119 e. The molecular formula is C15H23NO. The van der Waals surface area contributed by atoms with E-state index < -0.39 is 0 Å². The van der Waals surface area contributed by atoms with Gasteiger partial charge in [0.25, 0.3) is 0 Å². The van der Waals surface area contributed by atoms with Gasteiger partial charge < -0.3 is 10.1 Å². The van der Waals surface area contributed by atoms with Crippen molar-refractivity contribution in [1.29, 1.82) is 0 Å². The normalized spacial score (nSPS) is 23.9. The Balaban J connectivity index is 2.21. The summed E-state index contributed by atoms with van der Waals surface area (Å²) in [4.78, 5) is 0. The second-order valence-electron chi connectivity index (χ2n) is 4.95. The minimum Gasteiger partial charge on any atom is -0.494 e. The van der Waals surface area contributed by atoms with Crippen LogP contribution in [0.4, 0.5) is 0 Å². The minimum absolute atomic E-state index is 0.538. The first-order valence-electron chi connectivity index (χ1n) is 6.73. The highest BCUT2D eigenvalue weighted by Crippen LogP contribution is 2.31. The maximum atomic E-state index is 5.57. The Bertz CT molecular complexity index is 375. The highest BCUT2D eigenvalue weighted by molar-refractivity contribution is 5.38. The molecule has 1 fully saturated rings. The third-order valence-corrected chi connectivity index (χ3v) is 3.53. The van der Waals surface area contributed by atoms with E-state index >= 15 is 0 Å². The predicted octanol–water partition coefficient (Wildman–Crippen LogP) is 3.32. The summed E-state index contributed by atoms with van der Waals surface area (Å²) >= 11 is 0. The summed E-state index contributed by atoms with van der Waals surface area (Å²) in [6.45, 7) is 8.43. The zero-order valence-electron chi connectivity index (χ0n) is 11.1. The van der Waals surface area contributed by atoms with Crippen LogP contribution >= 0.6 is 0 Å². The summed E-state index contributed by atoms with van der Waals surface area (Å²) in [5.41, 5.74) is 2.88. The molecule has 0 aromatic heterocycles. The molecule has 2 unspecified atom stereocenters. The highest BCUT2D eigenvalue weighted by Gasteiger charge is 2.23. The molecule has 1 aromatic carbocycles. The second-order valence-corrected chi connectivity index (χ2v) is 4.95. The van der Waals surface area contributed by atoms with Gasteiger partial charge in [0.15, 0.2) is 0 Å². The molecule has 1 aliphatic heterocycles.